The number of hydrogen-bond acceptors (Lipinski definition) is 4. The zero-order valence-corrected chi connectivity index (χ0v) is 11.6. The van der Waals surface area contributed by atoms with Crippen LogP contribution in [-0.2, 0) is 0 Å². The van der Waals surface area contributed by atoms with E-state index in [2.05, 4.69) is 6.07 Å². The Hall–Kier alpha value is -2.67. The van der Waals surface area contributed by atoms with Crippen LogP contribution >= 0.6 is 0 Å². The first-order chi connectivity index (χ1) is 9.74. The fourth-order valence-electron chi connectivity index (χ4n) is 2.08. The van der Waals surface area contributed by atoms with Crippen molar-refractivity contribution in [3.05, 3.63) is 42.0 Å². The average Bonchev–Trinajstić information content (AvgIpc) is 2.53. The van der Waals surface area contributed by atoms with E-state index in [4.69, 9.17) is 19.5 Å². The summed E-state index contributed by atoms with van der Waals surface area (Å²) in [7, 11) is 4.72. The van der Waals surface area contributed by atoms with Crippen molar-refractivity contribution in [1.29, 1.82) is 5.26 Å². The number of rotatable bonds is 4. The van der Waals surface area contributed by atoms with Crippen LogP contribution in [0.4, 0.5) is 0 Å². The fraction of sp³-hybridized carbons (Fsp3) is 0.188. The molecule has 0 bridgehead atoms. The smallest absolute Gasteiger partial charge is 0.203 e. The summed E-state index contributed by atoms with van der Waals surface area (Å²) >= 11 is 0. The normalized spacial score (nSPS) is 9.70. The summed E-state index contributed by atoms with van der Waals surface area (Å²) in [4.78, 5) is 0. The van der Waals surface area contributed by atoms with Crippen LogP contribution in [0.5, 0.6) is 17.2 Å². The SMILES string of the molecule is COc1ccc(-c2cccc(C#N)c2)c(OC)c1OC. The highest BCUT2D eigenvalue weighted by atomic mass is 16.5. The molecule has 0 saturated heterocycles. The van der Waals surface area contributed by atoms with Crippen molar-refractivity contribution in [3.63, 3.8) is 0 Å². The van der Waals surface area contributed by atoms with Crippen molar-refractivity contribution < 1.29 is 14.2 Å². The van der Waals surface area contributed by atoms with Crippen molar-refractivity contribution in [1.82, 2.24) is 0 Å². The highest BCUT2D eigenvalue weighted by molar-refractivity contribution is 5.77. The Bertz CT molecular complexity index is 659. The van der Waals surface area contributed by atoms with Gasteiger partial charge in [0.15, 0.2) is 11.5 Å². The Kier molecular flexibility index (Phi) is 4.11. The standard InChI is InChI=1S/C16H15NO3/c1-18-14-8-7-13(15(19-2)16(14)20-3)12-6-4-5-11(9-12)10-17/h4-9H,1-3H3. The minimum Gasteiger partial charge on any atom is -0.493 e. The molecule has 0 aliphatic rings. The first-order valence-corrected chi connectivity index (χ1v) is 6.04. The molecule has 4 nitrogen and oxygen atoms in total. The summed E-state index contributed by atoms with van der Waals surface area (Å²) in [5.74, 6) is 1.72. The molecule has 0 atom stereocenters. The Morgan fingerprint density at radius 2 is 1.65 bits per heavy atom. The van der Waals surface area contributed by atoms with E-state index >= 15 is 0 Å². The minimum atomic E-state index is 0.537. The van der Waals surface area contributed by atoms with Crippen LogP contribution in [-0.4, -0.2) is 21.3 Å². The molecule has 2 aromatic rings. The second-order valence-electron chi connectivity index (χ2n) is 4.07. The Balaban J connectivity index is 2.65. The maximum absolute atomic E-state index is 8.99. The van der Waals surface area contributed by atoms with E-state index in [1.165, 1.54) is 0 Å². The van der Waals surface area contributed by atoms with E-state index in [0.29, 0.717) is 22.8 Å². The fourth-order valence-corrected chi connectivity index (χ4v) is 2.08. The lowest BCUT2D eigenvalue weighted by atomic mass is 10.0. The Labute approximate surface area is 118 Å². The molecule has 0 N–H and O–H groups in total. The number of nitrogens with zero attached hydrogens (tertiary/aromatic N) is 1. The van der Waals surface area contributed by atoms with Crippen molar-refractivity contribution in [3.8, 4) is 34.4 Å². The monoisotopic (exact) mass is 269 g/mol. The minimum absolute atomic E-state index is 0.537. The summed E-state index contributed by atoms with van der Waals surface area (Å²) < 4.78 is 16.1. The molecule has 0 unspecified atom stereocenters. The van der Waals surface area contributed by atoms with Crippen LogP contribution in [0.2, 0.25) is 0 Å². The maximum Gasteiger partial charge on any atom is 0.203 e. The van der Waals surface area contributed by atoms with E-state index in [0.717, 1.165) is 11.1 Å². The van der Waals surface area contributed by atoms with Gasteiger partial charge in [-0.1, -0.05) is 12.1 Å². The quantitative estimate of drug-likeness (QED) is 0.855. The van der Waals surface area contributed by atoms with E-state index < -0.39 is 0 Å². The van der Waals surface area contributed by atoms with Gasteiger partial charge in [0.2, 0.25) is 5.75 Å². The predicted octanol–water partition coefficient (Wildman–Crippen LogP) is 3.25. The van der Waals surface area contributed by atoms with Gasteiger partial charge in [0, 0.05) is 5.56 Å². The van der Waals surface area contributed by atoms with E-state index in [1.807, 2.05) is 30.3 Å². The van der Waals surface area contributed by atoms with Gasteiger partial charge in [0.05, 0.1) is 33.0 Å². The van der Waals surface area contributed by atoms with Gasteiger partial charge >= 0.3 is 0 Å². The van der Waals surface area contributed by atoms with Crippen molar-refractivity contribution in [2.45, 2.75) is 0 Å². The zero-order chi connectivity index (χ0) is 14.5. The summed E-state index contributed by atoms with van der Waals surface area (Å²) in [6.07, 6.45) is 0. The van der Waals surface area contributed by atoms with Crippen LogP contribution in [0, 0.1) is 11.3 Å². The summed E-state index contributed by atoms with van der Waals surface area (Å²) in [5.41, 5.74) is 2.34. The Morgan fingerprint density at radius 3 is 2.25 bits per heavy atom. The molecule has 0 fully saturated rings. The number of benzene rings is 2. The third kappa shape index (κ3) is 2.39. The van der Waals surface area contributed by atoms with Crippen LogP contribution < -0.4 is 14.2 Å². The lowest BCUT2D eigenvalue weighted by Gasteiger charge is -2.15. The maximum atomic E-state index is 8.99. The number of hydrogen-bond donors (Lipinski definition) is 0. The molecule has 0 spiro atoms. The van der Waals surface area contributed by atoms with Crippen molar-refractivity contribution in [2.75, 3.05) is 21.3 Å². The van der Waals surface area contributed by atoms with Gasteiger partial charge in [-0.3, -0.25) is 0 Å². The summed E-state index contributed by atoms with van der Waals surface area (Å²) in [6.45, 7) is 0. The van der Waals surface area contributed by atoms with Crippen LogP contribution in [0.25, 0.3) is 11.1 Å². The highest BCUT2D eigenvalue weighted by Crippen LogP contribution is 2.44. The first-order valence-electron chi connectivity index (χ1n) is 6.04. The molecular weight excluding hydrogens is 254 g/mol. The molecule has 20 heavy (non-hydrogen) atoms. The summed E-state index contributed by atoms with van der Waals surface area (Å²) in [5, 5.41) is 8.99. The summed E-state index contributed by atoms with van der Waals surface area (Å²) in [6, 6.07) is 13.2. The molecule has 0 saturated carbocycles. The topological polar surface area (TPSA) is 51.5 Å². The predicted molar refractivity (Wildman–Crippen MR) is 76.2 cm³/mol. The zero-order valence-electron chi connectivity index (χ0n) is 11.6. The molecule has 2 aromatic carbocycles. The van der Waals surface area contributed by atoms with E-state index in [1.54, 1.807) is 27.4 Å². The number of ether oxygens (including phenoxy) is 3. The molecule has 2 rings (SSSR count). The first kappa shape index (κ1) is 13.8. The number of methoxy groups -OCH3 is 3. The van der Waals surface area contributed by atoms with Gasteiger partial charge < -0.3 is 14.2 Å². The van der Waals surface area contributed by atoms with Gasteiger partial charge in [0.1, 0.15) is 0 Å². The third-order valence-corrected chi connectivity index (χ3v) is 3.01. The van der Waals surface area contributed by atoms with E-state index in [9.17, 15) is 0 Å². The third-order valence-electron chi connectivity index (χ3n) is 3.01. The molecule has 0 radical (unpaired) electrons. The van der Waals surface area contributed by atoms with Gasteiger partial charge in [0.25, 0.3) is 0 Å². The second kappa shape index (κ2) is 5.98. The van der Waals surface area contributed by atoms with Gasteiger partial charge in [-0.25, -0.2) is 0 Å². The molecule has 0 aliphatic heterocycles. The molecule has 0 aliphatic carbocycles. The lowest BCUT2D eigenvalue weighted by Crippen LogP contribution is -1.97. The molecule has 0 amide bonds. The average molecular weight is 269 g/mol. The van der Waals surface area contributed by atoms with Gasteiger partial charge in [-0.15, -0.1) is 0 Å². The largest absolute Gasteiger partial charge is 0.493 e. The highest BCUT2D eigenvalue weighted by Gasteiger charge is 2.16. The Morgan fingerprint density at radius 1 is 0.900 bits per heavy atom. The van der Waals surface area contributed by atoms with Crippen LogP contribution in [0.3, 0.4) is 0 Å². The molecule has 4 heteroatoms. The lowest BCUT2D eigenvalue weighted by molar-refractivity contribution is 0.325. The molecular formula is C16H15NO3. The molecule has 102 valence electrons. The van der Waals surface area contributed by atoms with E-state index in [-0.39, 0.29) is 0 Å². The van der Waals surface area contributed by atoms with Crippen LogP contribution in [0.1, 0.15) is 5.56 Å². The number of nitriles is 1. The van der Waals surface area contributed by atoms with Crippen molar-refractivity contribution in [2.24, 2.45) is 0 Å². The van der Waals surface area contributed by atoms with Gasteiger partial charge in [-0.05, 0) is 29.8 Å². The van der Waals surface area contributed by atoms with Crippen LogP contribution in [0.15, 0.2) is 36.4 Å². The molecule has 0 aromatic heterocycles. The van der Waals surface area contributed by atoms with Gasteiger partial charge in [-0.2, -0.15) is 5.26 Å². The molecule has 0 heterocycles. The van der Waals surface area contributed by atoms with Crippen molar-refractivity contribution >= 4 is 0 Å². The second-order valence-corrected chi connectivity index (χ2v) is 4.07.